The van der Waals surface area contributed by atoms with Crippen LogP contribution < -0.4 is 11.3 Å². The molecule has 0 radical (unpaired) electrons. The number of nitrogens with one attached hydrogen (secondary N) is 1. The molecule has 3 N–H and O–H groups in total. The van der Waals surface area contributed by atoms with Crippen molar-refractivity contribution in [2.24, 2.45) is 5.84 Å². The lowest BCUT2D eigenvalue weighted by atomic mass is 10.0. The molecule has 1 heterocycles. The van der Waals surface area contributed by atoms with Gasteiger partial charge in [-0.15, -0.1) is 0 Å². The van der Waals surface area contributed by atoms with Gasteiger partial charge in [-0.3, -0.25) is 11.3 Å². The molecule has 1 aliphatic rings. The zero-order valence-electron chi connectivity index (χ0n) is 9.46. The minimum atomic E-state index is -1.49. The summed E-state index contributed by atoms with van der Waals surface area (Å²) in [6, 6.07) is 1.36. The van der Waals surface area contributed by atoms with Gasteiger partial charge < -0.3 is 4.74 Å². The van der Waals surface area contributed by atoms with Crippen molar-refractivity contribution in [3.63, 3.8) is 0 Å². The number of benzene rings is 1. The molecule has 0 spiro atoms. The van der Waals surface area contributed by atoms with E-state index in [-0.39, 0.29) is 11.7 Å². The van der Waals surface area contributed by atoms with E-state index in [4.69, 9.17) is 10.6 Å². The Labute approximate surface area is 107 Å². The van der Waals surface area contributed by atoms with Crippen LogP contribution in [0, 0.1) is 17.5 Å². The maximum absolute atomic E-state index is 13.7. The second-order valence-corrected chi connectivity index (χ2v) is 5.04. The Morgan fingerprint density at radius 2 is 2.11 bits per heavy atom. The van der Waals surface area contributed by atoms with Crippen LogP contribution in [0.15, 0.2) is 12.1 Å². The summed E-state index contributed by atoms with van der Waals surface area (Å²) in [5.41, 5.74) is 2.38. The molecular formula is C11H13F3N2OS. The SMILES string of the molecule is NNC(c1ccc(F)c(F)c1F)C1CSCCO1. The second kappa shape index (κ2) is 5.92. The van der Waals surface area contributed by atoms with Crippen molar-refractivity contribution in [3.8, 4) is 0 Å². The van der Waals surface area contributed by atoms with Crippen LogP contribution in [0.5, 0.6) is 0 Å². The molecule has 0 amide bonds. The third-order valence-electron chi connectivity index (χ3n) is 2.79. The number of nitrogens with two attached hydrogens (primary N) is 1. The minimum absolute atomic E-state index is 0.0242. The zero-order chi connectivity index (χ0) is 13.1. The number of hydrogen-bond acceptors (Lipinski definition) is 4. The van der Waals surface area contributed by atoms with Crippen molar-refractivity contribution in [1.29, 1.82) is 0 Å². The quantitative estimate of drug-likeness (QED) is 0.502. The van der Waals surface area contributed by atoms with Crippen LogP contribution in [0.2, 0.25) is 0 Å². The summed E-state index contributed by atoms with van der Waals surface area (Å²) in [7, 11) is 0. The monoisotopic (exact) mass is 278 g/mol. The summed E-state index contributed by atoms with van der Waals surface area (Å²) in [6.07, 6.45) is -0.367. The topological polar surface area (TPSA) is 47.3 Å². The van der Waals surface area contributed by atoms with Gasteiger partial charge in [0.1, 0.15) is 0 Å². The van der Waals surface area contributed by atoms with Crippen LogP contribution >= 0.6 is 11.8 Å². The van der Waals surface area contributed by atoms with Gasteiger partial charge in [0.2, 0.25) is 0 Å². The first-order chi connectivity index (χ1) is 8.65. The highest BCUT2D eigenvalue weighted by molar-refractivity contribution is 7.99. The van der Waals surface area contributed by atoms with E-state index in [1.54, 1.807) is 11.8 Å². The molecule has 2 unspecified atom stereocenters. The molecule has 0 bridgehead atoms. The van der Waals surface area contributed by atoms with E-state index in [9.17, 15) is 13.2 Å². The van der Waals surface area contributed by atoms with Crippen LogP contribution in [0.3, 0.4) is 0 Å². The lowest BCUT2D eigenvalue weighted by Gasteiger charge is -2.30. The number of rotatable bonds is 3. The Morgan fingerprint density at radius 1 is 1.33 bits per heavy atom. The van der Waals surface area contributed by atoms with E-state index in [2.05, 4.69) is 5.43 Å². The zero-order valence-corrected chi connectivity index (χ0v) is 10.3. The highest BCUT2D eigenvalue weighted by Crippen LogP contribution is 2.28. The fraction of sp³-hybridized carbons (Fsp3) is 0.455. The molecule has 1 aromatic carbocycles. The van der Waals surface area contributed by atoms with Crippen LogP contribution in [-0.2, 0) is 4.74 Å². The van der Waals surface area contributed by atoms with Crippen molar-refractivity contribution < 1.29 is 17.9 Å². The molecule has 1 fully saturated rings. The summed E-state index contributed by atoms with van der Waals surface area (Å²) in [4.78, 5) is 0. The maximum atomic E-state index is 13.7. The van der Waals surface area contributed by atoms with Crippen molar-refractivity contribution in [1.82, 2.24) is 5.43 Å². The van der Waals surface area contributed by atoms with Crippen LogP contribution in [0.25, 0.3) is 0 Å². The van der Waals surface area contributed by atoms with Gasteiger partial charge in [0.25, 0.3) is 0 Å². The second-order valence-electron chi connectivity index (χ2n) is 3.89. The molecule has 3 nitrogen and oxygen atoms in total. The standard InChI is InChI=1S/C11H13F3N2OS/c12-7-2-1-6(9(13)10(7)14)11(16-15)8-5-18-4-3-17-8/h1-2,8,11,16H,3-5,15H2. The van der Waals surface area contributed by atoms with E-state index >= 15 is 0 Å². The van der Waals surface area contributed by atoms with Gasteiger partial charge in [-0.05, 0) is 6.07 Å². The lowest BCUT2D eigenvalue weighted by Crippen LogP contribution is -2.41. The Balaban J connectivity index is 2.29. The molecule has 0 aliphatic carbocycles. The molecule has 1 aromatic rings. The average molecular weight is 278 g/mol. The van der Waals surface area contributed by atoms with E-state index in [0.717, 1.165) is 11.8 Å². The maximum Gasteiger partial charge on any atom is 0.194 e. The molecule has 1 aliphatic heterocycles. The van der Waals surface area contributed by atoms with Crippen molar-refractivity contribution in [3.05, 3.63) is 35.1 Å². The predicted molar refractivity (Wildman–Crippen MR) is 63.4 cm³/mol. The van der Waals surface area contributed by atoms with Gasteiger partial charge in [-0.2, -0.15) is 11.8 Å². The Kier molecular flexibility index (Phi) is 4.50. The first-order valence-corrected chi connectivity index (χ1v) is 6.59. The first kappa shape index (κ1) is 13.7. The molecule has 7 heteroatoms. The molecule has 1 saturated heterocycles. The van der Waals surface area contributed by atoms with E-state index in [0.29, 0.717) is 12.4 Å². The third-order valence-corrected chi connectivity index (χ3v) is 3.81. The minimum Gasteiger partial charge on any atom is -0.374 e. The summed E-state index contributed by atoms with van der Waals surface area (Å²) < 4.78 is 45.2. The van der Waals surface area contributed by atoms with Crippen molar-refractivity contribution >= 4 is 11.8 Å². The van der Waals surface area contributed by atoms with E-state index in [1.807, 2.05) is 0 Å². The van der Waals surface area contributed by atoms with Gasteiger partial charge in [0.05, 0.1) is 18.8 Å². The smallest absolute Gasteiger partial charge is 0.194 e. The normalized spacial score (nSPS) is 21.9. The summed E-state index contributed by atoms with van der Waals surface area (Å²) in [5, 5.41) is 0. The van der Waals surface area contributed by atoms with Crippen LogP contribution in [-0.4, -0.2) is 24.2 Å². The van der Waals surface area contributed by atoms with Crippen LogP contribution in [0.4, 0.5) is 13.2 Å². The van der Waals surface area contributed by atoms with Crippen molar-refractivity contribution in [2.45, 2.75) is 12.1 Å². The summed E-state index contributed by atoms with van der Waals surface area (Å²) >= 11 is 1.64. The van der Waals surface area contributed by atoms with Gasteiger partial charge >= 0.3 is 0 Å². The highest BCUT2D eigenvalue weighted by Gasteiger charge is 2.29. The van der Waals surface area contributed by atoms with Crippen molar-refractivity contribution in [2.75, 3.05) is 18.1 Å². The Morgan fingerprint density at radius 3 is 2.72 bits per heavy atom. The van der Waals surface area contributed by atoms with Crippen LogP contribution in [0.1, 0.15) is 11.6 Å². The lowest BCUT2D eigenvalue weighted by molar-refractivity contribution is 0.0456. The summed E-state index contributed by atoms with van der Waals surface area (Å²) in [6.45, 7) is 0.527. The summed E-state index contributed by atoms with van der Waals surface area (Å²) in [5.74, 6) is 2.91. The van der Waals surface area contributed by atoms with Gasteiger partial charge in [0, 0.05) is 17.1 Å². The fourth-order valence-electron chi connectivity index (χ4n) is 1.88. The average Bonchev–Trinajstić information content (AvgIpc) is 2.41. The first-order valence-electron chi connectivity index (χ1n) is 5.44. The number of ether oxygens (including phenoxy) is 1. The Bertz CT molecular complexity index is 427. The molecule has 2 atom stereocenters. The van der Waals surface area contributed by atoms with Gasteiger partial charge in [-0.1, -0.05) is 6.07 Å². The third kappa shape index (κ3) is 2.64. The molecule has 0 saturated carbocycles. The predicted octanol–water partition coefficient (Wildman–Crippen LogP) is 1.74. The van der Waals surface area contributed by atoms with Gasteiger partial charge in [-0.25, -0.2) is 13.2 Å². The molecule has 18 heavy (non-hydrogen) atoms. The molecular weight excluding hydrogens is 265 g/mol. The fourth-order valence-corrected chi connectivity index (χ4v) is 2.78. The number of halogens is 3. The largest absolute Gasteiger partial charge is 0.374 e. The van der Waals surface area contributed by atoms with E-state index in [1.165, 1.54) is 6.07 Å². The molecule has 2 rings (SSSR count). The highest BCUT2D eigenvalue weighted by atomic mass is 32.2. The molecule has 0 aromatic heterocycles. The number of hydrogen-bond donors (Lipinski definition) is 2. The van der Waals surface area contributed by atoms with Gasteiger partial charge in [0.15, 0.2) is 17.5 Å². The van der Waals surface area contributed by atoms with E-state index < -0.39 is 23.5 Å². The Hall–Kier alpha value is -0.760. The number of thioether (sulfide) groups is 1. The molecule has 100 valence electrons. The number of hydrazine groups is 1.